The van der Waals surface area contributed by atoms with Crippen molar-refractivity contribution in [1.82, 2.24) is 5.32 Å². The maximum absolute atomic E-state index is 6.18. The first-order chi connectivity index (χ1) is 7.74. The smallest absolute Gasteiger partial charge is 0.143 e. The second-order valence-electron chi connectivity index (χ2n) is 3.87. The quantitative estimate of drug-likeness (QED) is 0.894. The molecule has 1 heterocycles. The van der Waals surface area contributed by atoms with Crippen LogP contribution in [0, 0.1) is 0 Å². The maximum Gasteiger partial charge on any atom is 0.143 e. The normalized spacial score (nSPS) is 19.8. The van der Waals surface area contributed by atoms with Crippen LogP contribution in [0.15, 0.2) is 16.6 Å². The van der Waals surface area contributed by atoms with Crippen LogP contribution in [0.4, 0.5) is 0 Å². The van der Waals surface area contributed by atoms with Crippen LogP contribution in [0.25, 0.3) is 0 Å². The predicted octanol–water partition coefficient (Wildman–Crippen LogP) is 3.93. The molecule has 0 saturated carbocycles. The van der Waals surface area contributed by atoms with Crippen LogP contribution < -0.4 is 10.1 Å². The third kappa shape index (κ3) is 2.36. The molecule has 1 aromatic carbocycles. The van der Waals surface area contributed by atoms with Gasteiger partial charge in [0.25, 0.3) is 0 Å². The topological polar surface area (TPSA) is 21.3 Å². The molecule has 0 amide bonds. The first-order valence-corrected chi connectivity index (χ1v) is 6.75. The average molecular weight is 305 g/mol. The Bertz CT molecular complexity index is 384. The zero-order valence-corrected chi connectivity index (χ0v) is 11.6. The van der Waals surface area contributed by atoms with Gasteiger partial charge in [0.2, 0.25) is 0 Å². The van der Waals surface area contributed by atoms with Crippen LogP contribution in [0.5, 0.6) is 5.75 Å². The minimum Gasteiger partial charge on any atom is -0.492 e. The van der Waals surface area contributed by atoms with Gasteiger partial charge in [-0.2, -0.15) is 0 Å². The van der Waals surface area contributed by atoms with E-state index in [0.717, 1.165) is 41.8 Å². The molecule has 1 aromatic rings. The highest BCUT2D eigenvalue weighted by molar-refractivity contribution is 9.10. The van der Waals surface area contributed by atoms with Crippen LogP contribution in [0.3, 0.4) is 0 Å². The Morgan fingerprint density at radius 2 is 2.38 bits per heavy atom. The molecule has 2 rings (SSSR count). The summed E-state index contributed by atoms with van der Waals surface area (Å²) in [5, 5.41) is 4.18. The molecule has 0 aromatic heterocycles. The van der Waals surface area contributed by atoms with E-state index in [9.17, 15) is 0 Å². The predicted molar refractivity (Wildman–Crippen MR) is 70.3 cm³/mol. The zero-order valence-electron chi connectivity index (χ0n) is 9.22. The number of hydrogen-bond donors (Lipinski definition) is 1. The van der Waals surface area contributed by atoms with Crippen LogP contribution in [-0.4, -0.2) is 13.2 Å². The minimum absolute atomic E-state index is 0.329. The van der Waals surface area contributed by atoms with E-state index in [2.05, 4.69) is 28.2 Å². The second-order valence-corrected chi connectivity index (χ2v) is 5.13. The Morgan fingerprint density at radius 1 is 1.56 bits per heavy atom. The number of ether oxygens (including phenoxy) is 1. The van der Waals surface area contributed by atoms with Gasteiger partial charge >= 0.3 is 0 Å². The number of fused-ring (bicyclic) bond motifs is 1. The Balaban J connectivity index is 2.46. The molecule has 0 radical (unpaired) electrons. The number of hydrogen-bond acceptors (Lipinski definition) is 2. The Morgan fingerprint density at radius 3 is 3.12 bits per heavy atom. The highest BCUT2D eigenvalue weighted by Gasteiger charge is 2.23. The average Bonchev–Trinajstić information content (AvgIpc) is 2.48. The van der Waals surface area contributed by atoms with Crippen LogP contribution in [0.2, 0.25) is 5.02 Å². The lowest BCUT2D eigenvalue weighted by Crippen LogP contribution is -2.20. The summed E-state index contributed by atoms with van der Waals surface area (Å²) < 4.78 is 6.80. The lowest BCUT2D eigenvalue weighted by Gasteiger charge is -2.19. The van der Waals surface area contributed by atoms with Crippen LogP contribution in [0.1, 0.15) is 31.4 Å². The van der Waals surface area contributed by atoms with Gasteiger partial charge in [0.15, 0.2) is 0 Å². The van der Waals surface area contributed by atoms with Crippen molar-refractivity contribution in [2.24, 2.45) is 0 Å². The van der Waals surface area contributed by atoms with Gasteiger partial charge in [-0.3, -0.25) is 0 Å². The lowest BCUT2D eigenvalue weighted by molar-refractivity contribution is 0.315. The molecule has 0 aliphatic carbocycles. The Kier molecular flexibility index (Phi) is 4.11. The monoisotopic (exact) mass is 303 g/mol. The van der Waals surface area contributed by atoms with E-state index in [4.69, 9.17) is 16.3 Å². The molecule has 1 aliphatic rings. The van der Waals surface area contributed by atoms with Crippen molar-refractivity contribution in [3.63, 3.8) is 0 Å². The van der Waals surface area contributed by atoms with Gasteiger partial charge in [-0.1, -0.05) is 34.5 Å². The summed E-state index contributed by atoms with van der Waals surface area (Å²) in [7, 11) is 0. The number of rotatable bonds is 2. The molecule has 1 N–H and O–H groups in total. The summed E-state index contributed by atoms with van der Waals surface area (Å²) >= 11 is 9.76. The van der Waals surface area contributed by atoms with Gasteiger partial charge in [-0.15, -0.1) is 0 Å². The van der Waals surface area contributed by atoms with Crippen LogP contribution in [-0.2, 0) is 0 Å². The van der Waals surface area contributed by atoms with Crippen molar-refractivity contribution in [2.45, 2.75) is 25.8 Å². The van der Waals surface area contributed by atoms with Crippen molar-refractivity contribution in [3.8, 4) is 5.75 Å². The fourth-order valence-electron chi connectivity index (χ4n) is 2.08. The molecule has 0 bridgehead atoms. The fourth-order valence-corrected chi connectivity index (χ4v) is 2.88. The summed E-state index contributed by atoms with van der Waals surface area (Å²) in [5.74, 6) is 0.833. The zero-order chi connectivity index (χ0) is 11.5. The Hall–Kier alpha value is -0.250. The molecule has 1 atom stereocenters. The largest absolute Gasteiger partial charge is 0.492 e. The minimum atomic E-state index is 0.329. The molecule has 16 heavy (non-hydrogen) atoms. The SMILES string of the molecule is CCNC1CCCOc2c(Cl)ccc(Br)c21. The van der Waals surface area contributed by atoms with Gasteiger partial charge in [0.05, 0.1) is 11.6 Å². The second kappa shape index (κ2) is 5.39. The molecule has 2 nitrogen and oxygen atoms in total. The van der Waals surface area contributed by atoms with Crippen molar-refractivity contribution in [3.05, 3.63) is 27.2 Å². The van der Waals surface area contributed by atoms with E-state index in [1.165, 1.54) is 0 Å². The number of halogens is 2. The summed E-state index contributed by atoms with van der Waals surface area (Å²) in [6.45, 7) is 3.80. The van der Waals surface area contributed by atoms with Crippen molar-refractivity contribution < 1.29 is 4.74 Å². The van der Waals surface area contributed by atoms with Gasteiger partial charge in [-0.25, -0.2) is 0 Å². The molecule has 1 unspecified atom stereocenters. The van der Waals surface area contributed by atoms with Crippen LogP contribution >= 0.6 is 27.5 Å². The molecular formula is C12H15BrClNO. The Labute approximate surface area is 109 Å². The summed E-state index contributed by atoms with van der Waals surface area (Å²) in [6.07, 6.45) is 2.13. The third-order valence-corrected chi connectivity index (χ3v) is 3.77. The third-order valence-electron chi connectivity index (χ3n) is 2.78. The molecule has 0 spiro atoms. The summed E-state index contributed by atoms with van der Waals surface area (Å²) in [5.41, 5.74) is 1.16. The fraction of sp³-hybridized carbons (Fsp3) is 0.500. The van der Waals surface area contributed by atoms with Crippen molar-refractivity contribution in [1.29, 1.82) is 0 Å². The van der Waals surface area contributed by atoms with E-state index in [1.54, 1.807) is 0 Å². The molecule has 0 fully saturated rings. The summed E-state index contributed by atoms with van der Waals surface area (Å²) in [4.78, 5) is 0. The molecule has 0 saturated heterocycles. The molecule has 1 aliphatic heterocycles. The summed E-state index contributed by atoms with van der Waals surface area (Å²) in [6, 6.07) is 4.19. The lowest BCUT2D eigenvalue weighted by atomic mass is 10.0. The van der Waals surface area contributed by atoms with Gasteiger partial charge in [-0.05, 0) is 31.5 Å². The highest BCUT2D eigenvalue weighted by atomic mass is 79.9. The number of nitrogens with one attached hydrogen (secondary N) is 1. The first kappa shape index (κ1) is 12.2. The standard InChI is InChI=1S/C12H15BrClNO/c1-2-15-10-4-3-7-16-12-9(14)6-5-8(13)11(10)12/h5-6,10,15H,2-4,7H2,1H3. The maximum atomic E-state index is 6.18. The van der Waals surface area contributed by atoms with E-state index >= 15 is 0 Å². The molecular weight excluding hydrogens is 289 g/mol. The van der Waals surface area contributed by atoms with Gasteiger partial charge in [0.1, 0.15) is 5.75 Å². The van der Waals surface area contributed by atoms with E-state index in [1.807, 2.05) is 12.1 Å². The van der Waals surface area contributed by atoms with E-state index in [0.29, 0.717) is 11.1 Å². The molecule has 88 valence electrons. The molecule has 4 heteroatoms. The first-order valence-electron chi connectivity index (χ1n) is 5.58. The van der Waals surface area contributed by atoms with Crippen molar-refractivity contribution in [2.75, 3.05) is 13.2 Å². The van der Waals surface area contributed by atoms with Gasteiger partial charge in [0, 0.05) is 16.1 Å². The van der Waals surface area contributed by atoms with Crippen molar-refractivity contribution >= 4 is 27.5 Å². The highest BCUT2D eigenvalue weighted by Crippen LogP contribution is 2.41. The van der Waals surface area contributed by atoms with E-state index in [-0.39, 0.29) is 0 Å². The van der Waals surface area contributed by atoms with Gasteiger partial charge < -0.3 is 10.1 Å². The number of benzene rings is 1. The van der Waals surface area contributed by atoms with E-state index < -0.39 is 0 Å².